The van der Waals surface area contributed by atoms with E-state index < -0.39 is 0 Å². The second-order valence-corrected chi connectivity index (χ2v) is 7.55. The molecule has 0 unspecified atom stereocenters. The normalized spacial score (nSPS) is 12.2. The number of aliphatic hydroxyl groups excluding tert-OH is 1. The number of benzene rings is 3. The maximum absolute atomic E-state index is 13.5. The number of fused-ring (bicyclic) bond motifs is 2. The lowest BCUT2D eigenvalue weighted by molar-refractivity contribution is 0.104. The number of anilines is 3. The van der Waals surface area contributed by atoms with E-state index in [1.165, 1.54) is 0 Å². The van der Waals surface area contributed by atoms with Crippen molar-refractivity contribution in [1.82, 2.24) is 5.16 Å². The fourth-order valence-corrected chi connectivity index (χ4v) is 4.00. The molecule has 6 heteroatoms. The van der Waals surface area contributed by atoms with Crippen LogP contribution in [0.2, 0.25) is 0 Å². The number of aromatic nitrogens is 1. The molecule has 0 spiro atoms. The molecule has 6 nitrogen and oxygen atoms in total. The molecule has 0 atom stereocenters. The van der Waals surface area contributed by atoms with E-state index in [-0.39, 0.29) is 12.4 Å². The summed E-state index contributed by atoms with van der Waals surface area (Å²) in [7, 11) is 0. The van der Waals surface area contributed by atoms with Gasteiger partial charge in [-0.2, -0.15) is 0 Å². The molecule has 150 valence electrons. The van der Waals surface area contributed by atoms with Crippen LogP contribution in [0.5, 0.6) is 0 Å². The second kappa shape index (κ2) is 7.00. The van der Waals surface area contributed by atoms with Crippen molar-refractivity contribution in [3.8, 4) is 11.3 Å². The van der Waals surface area contributed by atoms with Gasteiger partial charge in [0.25, 0.3) is 0 Å². The van der Waals surface area contributed by atoms with Gasteiger partial charge in [-0.15, -0.1) is 0 Å². The lowest BCUT2D eigenvalue weighted by atomic mass is 9.86. The first kappa shape index (κ1) is 18.4. The van der Waals surface area contributed by atoms with E-state index in [1.54, 1.807) is 0 Å². The van der Waals surface area contributed by atoms with Gasteiger partial charge >= 0.3 is 0 Å². The van der Waals surface area contributed by atoms with Gasteiger partial charge in [-0.05, 0) is 37.1 Å². The third-order valence-corrected chi connectivity index (χ3v) is 5.49. The van der Waals surface area contributed by atoms with E-state index >= 15 is 0 Å². The first-order valence-electron chi connectivity index (χ1n) is 9.88. The van der Waals surface area contributed by atoms with Crippen LogP contribution in [0.1, 0.15) is 27.0 Å². The van der Waals surface area contributed by atoms with Gasteiger partial charge < -0.3 is 20.3 Å². The number of carbonyl (C=O) groups excluding carboxylic acids is 1. The molecular formula is C24H21N3O3. The quantitative estimate of drug-likeness (QED) is 0.393. The number of hydrogen-bond acceptors (Lipinski definition) is 6. The van der Waals surface area contributed by atoms with Gasteiger partial charge in [0, 0.05) is 23.4 Å². The van der Waals surface area contributed by atoms with Crippen molar-refractivity contribution in [2.45, 2.75) is 13.8 Å². The number of ketones is 1. The standard InChI is InChI=1S/C24H21N3O3/c1-13-7-8-14(2)17(11-13)26-18-12-19(25-9-10-28)22-21-20(18)23(29)15-5-3-4-6-16(15)24(21)30-27-22/h3-8,11-12,25-26,28H,9-10H2,1-2H3. The molecule has 0 saturated carbocycles. The molecule has 1 aliphatic carbocycles. The van der Waals surface area contributed by atoms with Crippen LogP contribution in [0.15, 0.2) is 53.1 Å². The summed E-state index contributed by atoms with van der Waals surface area (Å²) in [6.07, 6.45) is 0. The lowest BCUT2D eigenvalue weighted by Crippen LogP contribution is -2.13. The number of aryl methyl sites for hydroxylation is 2. The molecule has 1 heterocycles. The topological polar surface area (TPSA) is 87.4 Å². The largest absolute Gasteiger partial charge is 0.395 e. The predicted molar refractivity (Wildman–Crippen MR) is 118 cm³/mol. The van der Waals surface area contributed by atoms with Crippen molar-refractivity contribution in [3.05, 3.63) is 70.8 Å². The predicted octanol–water partition coefficient (Wildman–Crippen LogP) is 4.80. The molecule has 30 heavy (non-hydrogen) atoms. The number of aliphatic hydroxyl groups is 1. The highest BCUT2D eigenvalue weighted by molar-refractivity contribution is 6.28. The average molecular weight is 399 g/mol. The fourth-order valence-electron chi connectivity index (χ4n) is 4.00. The van der Waals surface area contributed by atoms with E-state index in [9.17, 15) is 9.90 Å². The summed E-state index contributed by atoms with van der Waals surface area (Å²) in [5.41, 5.74) is 7.00. The number of nitrogens with one attached hydrogen (secondary N) is 2. The van der Waals surface area contributed by atoms with Gasteiger partial charge in [-0.1, -0.05) is 41.6 Å². The van der Waals surface area contributed by atoms with Crippen LogP contribution in [0.4, 0.5) is 17.1 Å². The van der Waals surface area contributed by atoms with E-state index in [0.717, 1.165) is 22.4 Å². The molecule has 0 amide bonds. The highest BCUT2D eigenvalue weighted by Gasteiger charge is 2.32. The minimum Gasteiger partial charge on any atom is -0.395 e. The number of rotatable bonds is 5. The summed E-state index contributed by atoms with van der Waals surface area (Å²) < 4.78 is 5.71. The molecule has 4 aromatic rings. The molecule has 0 radical (unpaired) electrons. The van der Waals surface area contributed by atoms with Crippen LogP contribution >= 0.6 is 0 Å². The molecule has 0 saturated heterocycles. The van der Waals surface area contributed by atoms with Crippen LogP contribution in [-0.4, -0.2) is 29.2 Å². The SMILES string of the molecule is Cc1ccc(C)c(Nc2cc(NCCO)c3noc4c3c2C(=O)c2ccccc2-4)c1. The highest BCUT2D eigenvalue weighted by atomic mass is 16.5. The molecule has 0 aliphatic heterocycles. The minimum atomic E-state index is -0.0622. The Hall–Kier alpha value is -3.64. The first-order valence-corrected chi connectivity index (χ1v) is 9.88. The summed E-state index contributed by atoms with van der Waals surface area (Å²) >= 11 is 0. The monoisotopic (exact) mass is 399 g/mol. The fraction of sp³-hybridized carbons (Fsp3) is 0.167. The third kappa shape index (κ3) is 2.76. The Morgan fingerprint density at radius 1 is 1.00 bits per heavy atom. The van der Waals surface area contributed by atoms with E-state index in [1.807, 2.05) is 44.2 Å². The molecule has 5 rings (SSSR count). The average Bonchev–Trinajstić information content (AvgIpc) is 3.19. The summed E-state index contributed by atoms with van der Waals surface area (Å²) in [6.45, 7) is 4.41. The van der Waals surface area contributed by atoms with Crippen molar-refractivity contribution in [3.63, 3.8) is 0 Å². The molecule has 3 aromatic carbocycles. The Labute approximate surface area is 173 Å². The van der Waals surface area contributed by atoms with Crippen LogP contribution in [-0.2, 0) is 0 Å². The Bertz CT molecular complexity index is 1310. The Balaban J connectivity index is 1.78. The van der Waals surface area contributed by atoms with E-state index in [0.29, 0.717) is 45.7 Å². The molecule has 1 aliphatic rings. The van der Waals surface area contributed by atoms with Gasteiger partial charge in [0.15, 0.2) is 11.5 Å². The molecule has 0 bridgehead atoms. The minimum absolute atomic E-state index is 0.0184. The first-order chi connectivity index (χ1) is 14.6. The molecule has 1 aromatic heterocycles. The zero-order valence-corrected chi connectivity index (χ0v) is 16.7. The van der Waals surface area contributed by atoms with Gasteiger partial charge in [-0.25, -0.2) is 0 Å². The van der Waals surface area contributed by atoms with Crippen molar-refractivity contribution in [1.29, 1.82) is 0 Å². The van der Waals surface area contributed by atoms with Gasteiger partial charge in [0.05, 0.1) is 28.9 Å². The highest BCUT2D eigenvalue weighted by Crippen LogP contribution is 2.45. The summed E-state index contributed by atoms with van der Waals surface area (Å²) in [5.74, 6) is 0.527. The molecular weight excluding hydrogens is 378 g/mol. The van der Waals surface area contributed by atoms with Crippen molar-refractivity contribution < 1.29 is 14.4 Å². The Morgan fingerprint density at radius 3 is 2.60 bits per heavy atom. The van der Waals surface area contributed by atoms with E-state index in [2.05, 4.69) is 34.0 Å². The maximum atomic E-state index is 13.5. The lowest BCUT2D eigenvalue weighted by Gasteiger charge is -2.20. The number of nitrogens with zero attached hydrogens (tertiary/aromatic N) is 1. The third-order valence-electron chi connectivity index (χ3n) is 5.49. The van der Waals surface area contributed by atoms with Gasteiger partial charge in [-0.3, -0.25) is 4.79 Å². The Kier molecular flexibility index (Phi) is 4.29. The van der Waals surface area contributed by atoms with Gasteiger partial charge in [0.1, 0.15) is 5.52 Å². The van der Waals surface area contributed by atoms with Crippen LogP contribution in [0.25, 0.3) is 22.2 Å². The maximum Gasteiger partial charge on any atom is 0.196 e. The van der Waals surface area contributed by atoms with Crippen LogP contribution in [0, 0.1) is 13.8 Å². The second-order valence-electron chi connectivity index (χ2n) is 7.55. The van der Waals surface area contributed by atoms with Crippen molar-refractivity contribution >= 4 is 33.7 Å². The molecule has 0 fully saturated rings. The zero-order chi connectivity index (χ0) is 20.8. The summed E-state index contributed by atoms with van der Waals surface area (Å²) in [5, 5.41) is 20.9. The number of carbonyl (C=O) groups is 1. The van der Waals surface area contributed by atoms with Crippen molar-refractivity contribution in [2.75, 3.05) is 23.8 Å². The van der Waals surface area contributed by atoms with E-state index in [4.69, 9.17) is 4.52 Å². The van der Waals surface area contributed by atoms with Crippen LogP contribution in [0.3, 0.4) is 0 Å². The summed E-state index contributed by atoms with van der Waals surface area (Å²) in [4.78, 5) is 13.5. The smallest absolute Gasteiger partial charge is 0.196 e. The van der Waals surface area contributed by atoms with Crippen molar-refractivity contribution in [2.24, 2.45) is 0 Å². The van der Waals surface area contributed by atoms with Gasteiger partial charge in [0.2, 0.25) is 0 Å². The zero-order valence-electron chi connectivity index (χ0n) is 16.7. The molecule has 3 N–H and O–H groups in total. The van der Waals surface area contributed by atoms with Crippen LogP contribution < -0.4 is 10.6 Å². The number of hydrogen-bond donors (Lipinski definition) is 3. The summed E-state index contributed by atoms with van der Waals surface area (Å²) in [6, 6.07) is 15.5. The Morgan fingerprint density at radius 2 is 1.80 bits per heavy atom.